The Balaban J connectivity index is 1.94. The molecule has 2 atom stereocenters. The van der Waals surface area contributed by atoms with Gasteiger partial charge in [0.15, 0.2) is 0 Å². The van der Waals surface area contributed by atoms with Gasteiger partial charge in [-0.05, 0) is 49.6 Å². The molecule has 1 fully saturated rings. The molecule has 0 aliphatic heterocycles. The van der Waals surface area contributed by atoms with Gasteiger partial charge < -0.3 is 9.47 Å². The number of rotatable bonds is 9. The van der Waals surface area contributed by atoms with E-state index in [-0.39, 0.29) is 12.1 Å². The molecule has 0 radical (unpaired) electrons. The number of thioether (sulfide) groups is 1. The van der Waals surface area contributed by atoms with Crippen LogP contribution in [0.1, 0.15) is 69.8 Å². The summed E-state index contributed by atoms with van der Waals surface area (Å²) in [5, 5.41) is 0. The van der Waals surface area contributed by atoms with E-state index in [9.17, 15) is 4.79 Å². The lowest BCUT2D eigenvalue weighted by atomic mass is 9.81. The van der Waals surface area contributed by atoms with Gasteiger partial charge in [-0.25, -0.2) is 0 Å². The third-order valence-corrected chi connectivity index (χ3v) is 4.98. The zero-order valence-electron chi connectivity index (χ0n) is 15.0. The Morgan fingerprint density at radius 2 is 1.92 bits per heavy atom. The average Bonchev–Trinajstić information content (AvgIpc) is 2.61. The van der Waals surface area contributed by atoms with E-state index < -0.39 is 0 Å². The lowest BCUT2D eigenvalue weighted by Crippen LogP contribution is -2.28. The van der Waals surface area contributed by atoms with Gasteiger partial charge in [-0.3, -0.25) is 4.79 Å². The summed E-state index contributed by atoms with van der Waals surface area (Å²) in [5.41, 5.74) is 1.26. The summed E-state index contributed by atoms with van der Waals surface area (Å²) < 4.78 is 11.4. The largest absolute Gasteiger partial charge is 0.483 e. The van der Waals surface area contributed by atoms with Crippen LogP contribution in [0.15, 0.2) is 24.3 Å². The van der Waals surface area contributed by atoms with E-state index in [1.165, 1.54) is 12.0 Å². The van der Waals surface area contributed by atoms with Crippen molar-refractivity contribution in [2.45, 2.75) is 70.3 Å². The molecule has 3 nitrogen and oxygen atoms in total. The van der Waals surface area contributed by atoms with Crippen LogP contribution in [-0.2, 0) is 9.53 Å². The molecule has 1 aromatic rings. The third kappa shape index (κ3) is 6.04. The highest BCUT2D eigenvalue weighted by Gasteiger charge is 2.29. The Bertz CT molecular complexity index is 486. The summed E-state index contributed by atoms with van der Waals surface area (Å²) in [5.74, 6) is 1.86. The van der Waals surface area contributed by atoms with E-state index in [2.05, 4.69) is 19.1 Å². The number of hydrogen-bond donors (Lipinski definition) is 0. The van der Waals surface area contributed by atoms with Crippen molar-refractivity contribution in [1.82, 2.24) is 0 Å². The molecule has 1 aromatic carbocycles. The van der Waals surface area contributed by atoms with Crippen LogP contribution in [0.2, 0.25) is 0 Å². The lowest BCUT2D eigenvalue weighted by Gasteiger charge is -2.31. The second kappa shape index (κ2) is 10.7. The van der Waals surface area contributed by atoms with Crippen LogP contribution in [0.5, 0.6) is 5.75 Å². The number of hydrogen-bond acceptors (Lipinski definition) is 4. The van der Waals surface area contributed by atoms with E-state index in [0.717, 1.165) is 44.3 Å². The van der Waals surface area contributed by atoms with E-state index in [1.54, 1.807) is 11.8 Å². The Kier molecular flexibility index (Phi) is 8.51. The molecule has 4 heteroatoms. The Labute approximate surface area is 150 Å². The summed E-state index contributed by atoms with van der Waals surface area (Å²) in [6, 6.07) is 8.31. The maximum absolute atomic E-state index is 12.1. The van der Waals surface area contributed by atoms with Gasteiger partial charge in [-0.15, -0.1) is 11.8 Å². The zero-order chi connectivity index (χ0) is 17.2. The second-order valence-electron chi connectivity index (χ2n) is 6.50. The molecule has 2 rings (SSSR count). The fourth-order valence-electron chi connectivity index (χ4n) is 3.30. The smallest absolute Gasteiger partial charge is 0.306 e. The highest BCUT2D eigenvalue weighted by atomic mass is 32.2. The van der Waals surface area contributed by atoms with Crippen molar-refractivity contribution in [2.24, 2.45) is 0 Å². The Hall–Kier alpha value is -1.16. The summed E-state index contributed by atoms with van der Waals surface area (Å²) in [6.45, 7) is 2.15. The number of carbonyl (C=O) groups excluding carboxylic acids is 1. The molecule has 24 heavy (non-hydrogen) atoms. The summed E-state index contributed by atoms with van der Waals surface area (Å²) in [6.07, 6.45) is 10.2. The summed E-state index contributed by atoms with van der Waals surface area (Å²) >= 11 is 1.66. The van der Waals surface area contributed by atoms with E-state index >= 15 is 0 Å². The molecule has 0 spiro atoms. The average molecular weight is 351 g/mol. The SMILES string of the molecule is CCCCCC(=O)O[C@H]1CCCC[C@@H]1c1ccc(OCSC)cc1. The molecule has 1 aliphatic rings. The van der Waals surface area contributed by atoms with Crippen molar-refractivity contribution in [3.63, 3.8) is 0 Å². The number of carbonyl (C=O) groups is 1. The van der Waals surface area contributed by atoms with E-state index in [4.69, 9.17) is 9.47 Å². The van der Waals surface area contributed by atoms with Crippen LogP contribution >= 0.6 is 11.8 Å². The minimum Gasteiger partial charge on any atom is -0.483 e. The summed E-state index contributed by atoms with van der Waals surface area (Å²) in [4.78, 5) is 12.1. The maximum atomic E-state index is 12.1. The van der Waals surface area contributed by atoms with Crippen LogP contribution in [-0.4, -0.2) is 24.3 Å². The number of esters is 1. The van der Waals surface area contributed by atoms with Gasteiger partial charge in [0.1, 0.15) is 17.8 Å². The first kappa shape index (κ1) is 19.2. The van der Waals surface area contributed by atoms with Gasteiger partial charge >= 0.3 is 5.97 Å². The fourth-order valence-corrected chi connectivity index (χ4v) is 3.56. The Morgan fingerprint density at radius 1 is 1.17 bits per heavy atom. The Morgan fingerprint density at radius 3 is 2.62 bits per heavy atom. The van der Waals surface area contributed by atoms with Gasteiger partial charge in [0, 0.05) is 12.3 Å². The van der Waals surface area contributed by atoms with Crippen LogP contribution in [0.25, 0.3) is 0 Å². The fraction of sp³-hybridized carbons (Fsp3) is 0.650. The molecule has 0 bridgehead atoms. The van der Waals surface area contributed by atoms with Crippen molar-refractivity contribution in [3.8, 4) is 5.75 Å². The number of ether oxygens (including phenoxy) is 2. The van der Waals surface area contributed by atoms with Gasteiger partial charge in [-0.1, -0.05) is 38.3 Å². The molecule has 1 aliphatic carbocycles. The maximum Gasteiger partial charge on any atom is 0.306 e. The predicted octanol–water partition coefficient (Wildman–Crippen LogP) is 5.54. The quantitative estimate of drug-likeness (QED) is 0.333. The van der Waals surface area contributed by atoms with Crippen molar-refractivity contribution < 1.29 is 14.3 Å². The molecule has 134 valence electrons. The van der Waals surface area contributed by atoms with Crippen molar-refractivity contribution in [2.75, 3.05) is 12.2 Å². The molecule has 0 unspecified atom stereocenters. The number of unbranched alkanes of at least 4 members (excludes halogenated alkanes) is 2. The van der Waals surface area contributed by atoms with Gasteiger partial charge in [0.2, 0.25) is 0 Å². The minimum absolute atomic E-state index is 0.0275. The molecular weight excluding hydrogens is 320 g/mol. The highest BCUT2D eigenvalue weighted by molar-refractivity contribution is 7.98. The molecule has 1 saturated carbocycles. The first-order chi connectivity index (χ1) is 11.7. The topological polar surface area (TPSA) is 35.5 Å². The van der Waals surface area contributed by atoms with Gasteiger partial charge in [0.05, 0.1) is 0 Å². The number of benzene rings is 1. The molecule has 0 saturated heterocycles. The minimum atomic E-state index is -0.0275. The lowest BCUT2D eigenvalue weighted by molar-refractivity contribution is -0.151. The van der Waals surface area contributed by atoms with Crippen LogP contribution in [0.4, 0.5) is 0 Å². The van der Waals surface area contributed by atoms with Crippen LogP contribution < -0.4 is 4.74 Å². The molecule has 0 amide bonds. The van der Waals surface area contributed by atoms with Crippen LogP contribution in [0, 0.1) is 0 Å². The standard InChI is InChI=1S/C20H30O3S/c1-3-4-5-10-20(21)23-19-9-7-6-8-18(19)16-11-13-17(14-12-16)22-15-24-2/h11-14,18-19H,3-10,15H2,1-2H3/t18-,19+/m1/s1. The van der Waals surface area contributed by atoms with E-state index in [1.807, 2.05) is 18.4 Å². The zero-order valence-corrected chi connectivity index (χ0v) is 15.8. The first-order valence-electron chi connectivity index (χ1n) is 9.15. The molecule has 0 N–H and O–H groups in total. The third-order valence-electron chi connectivity index (χ3n) is 4.62. The van der Waals surface area contributed by atoms with Gasteiger partial charge in [-0.2, -0.15) is 0 Å². The van der Waals surface area contributed by atoms with Crippen molar-refractivity contribution in [1.29, 1.82) is 0 Å². The first-order valence-corrected chi connectivity index (χ1v) is 10.5. The molecule has 0 aromatic heterocycles. The molecular formula is C20H30O3S. The molecule has 0 heterocycles. The normalized spacial score (nSPS) is 20.6. The predicted molar refractivity (Wildman–Crippen MR) is 101 cm³/mol. The monoisotopic (exact) mass is 350 g/mol. The second-order valence-corrected chi connectivity index (χ2v) is 7.31. The van der Waals surface area contributed by atoms with Crippen molar-refractivity contribution in [3.05, 3.63) is 29.8 Å². The van der Waals surface area contributed by atoms with Crippen LogP contribution in [0.3, 0.4) is 0 Å². The van der Waals surface area contributed by atoms with Crippen molar-refractivity contribution >= 4 is 17.7 Å². The summed E-state index contributed by atoms with van der Waals surface area (Å²) in [7, 11) is 0. The van der Waals surface area contributed by atoms with Gasteiger partial charge in [0.25, 0.3) is 0 Å². The van der Waals surface area contributed by atoms with E-state index in [0.29, 0.717) is 18.3 Å². The highest BCUT2D eigenvalue weighted by Crippen LogP contribution is 2.36.